The summed E-state index contributed by atoms with van der Waals surface area (Å²) in [5.74, 6) is 0. The first-order valence-corrected chi connectivity index (χ1v) is 8.98. The first kappa shape index (κ1) is 16.5. The first-order chi connectivity index (χ1) is 9.41. The number of likely N-dealkylation sites (N-methyl/N-ethyl adjacent to an activating group) is 1. The van der Waals surface area contributed by atoms with Crippen LogP contribution >= 0.6 is 27.3 Å². The van der Waals surface area contributed by atoms with Crippen LogP contribution in [0.1, 0.15) is 44.4 Å². The maximum atomic E-state index is 6.03. The summed E-state index contributed by atoms with van der Waals surface area (Å²) in [5, 5.41) is 3.51. The second kappa shape index (κ2) is 6.47. The fourth-order valence-electron chi connectivity index (χ4n) is 3.26. The third-order valence-electron chi connectivity index (χ3n) is 4.87. The number of thiophene rings is 1. The van der Waals surface area contributed by atoms with Gasteiger partial charge < -0.3 is 10.1 Å². The Kier molecular flexibility index (Phi) is 5.33. The standard InChI is InChI=1S/C16H26BrNOS/c1-15(2)7-9-16(19-4,10-8-15)13(18-3)11-12-5-6-14(17)20-12/h5-6,13,18H,7-11H2,1-4H3. The Morgan fingerprint density at radius 1 is 1.30 bits per heavy atom. The van der Waals surface area contributed by atoms with E-state index in [2.05, 4.69) is 54.3 Å². The van der Waals surface area contributed by atoms with Gasteiger partial charge in [-0.05, 0) is 72.6 Å². The molecule has 0 saturated heterocycles. The van der Waals surface area contributed by atoms with E-state index < -0.39 is 0 Å². The van der Waals surface area contributed by atoms with Crippen molar-refractivity contribution >= 4 is 27.3 Å². The summed E-state index contributed by atoms with van der Waals surface area (Å²) in [6.45, 7) is 4.74. The molecule has 1 fully saturated rings. The van der Waals surface area contributed by atoms with Crippen LogP contribution in [0.15, 0.2) is 15.9 Å². The van der Waals surface area contributed by atoms with E-state index in [1.165, 1.54) is 21.5 Å². The minimum atomic E-state index is -0.0132. The van der Waals surface area contributed by atoms with Gasteiger partial charge in [0.05, 0.1) is 9.39 Å². The molecule has 20 heavy (non-hydrogen) atoms. The molecule has 1 unspecified atom stereocenters. The molecule has 1 N–H and O–H groups in total. The summed E-state index contributed by atoms with van der Waals surface area (Å²) in [6, 6.07) is 4.74. The smallest absolute Gasteiger partial charge is 0.0834 e. The predicted molar refractivity (Wildman–Crippen MR) is 90.6 cm³/mol. The van der Waals surface area contributed by atoms with Gasteiger partial charge in [0.25, 0.3) is 0 Å². The maximum Gasteiger partial charge on any atom is 0.0834 e. The van der Waals surface area contributed by atoms with E-state index in [0.717, 1.165) is 19.3 Å². The van der Waals surface area contributed by atoms with Crippen molar-refractivity contribution in [1.82, 2.24) is 5.32 Å². The lowest BCUT2D eigenvalue weighted by Crippen LogP contribution is -2.54. The van der Waals surface area contributed by atoms with Gasteiger partial charge in [0, 0.05) is 18.0 Å². The Hall–Kier alpha value is 0.1000. The van der Waals surface area contributed by atoms with Crippen LogP contribution in [-0.2, 0) is 11.2 Å². The van der Waals surface area contributed by atoms with Gasteiger partial charge in [0.1, 0.15) is 0 Å². The van der Waals surface area contributed by atoms with Gasteiger partial charge in [-0.3, -0.25) is 0 Å². The van der Waals surface area contributed by atoms with Crippen LogP contribution in [-0.4, -0.2) is 25.8 Å². The zero-order valence-corrected chi connectivity index (χ0v) is 15.4. The minimum absolute atomic E-state index is 0.0132. The van der Waals surface area contributed by atoms with Crippen LogP contribution in [0.25, 0.3) is 0 Å². The lowest BCUT2D eigenvalue weighted by molar-refractivity contribution is -0.0846. The molecule has 1 aliphatic rings. The number of rotatable bonds is 5. The van der Waals surface area contributed by atoms with Crippen molar-refractivity contribution in [3.63, 3.8) is 0 Å². The monoisotopic (exact) mass is 359 g/mol. The fourth-order valence-corrected chi connectivity index (χ4v) is 4.79. The molecule has 114 valence electrons. The number of methoxy groups -OCH3 is 1. The molecule has 0 spiro atoms. The van der Waals surface area contributed by atoms with Crippen LogP contribution in [0.5, 0.6) is 0 Å². The molecule has 0 aliphatic heterocycles. The number of ether oxygens (including phenoxy) is 1. The molecule has 1 atom stereocenters. The zero-order valence-electron chi connectivity index (χ0n) is 13.0. The summed E-state index contributed by atoms with van der Waals surface area (Å²) in [4.78, 5) is 1.41. The minimum Gasteiger partial charge on any atom is -0.377 e. The molecule has 1 aromatic rings. The Labute approximate surface area is 135 Å². The summed E-state index contributed by atoms with van der Waals surface area (Å²) in [7, 11) is 3.95. The first-order valence-electron chi connectivity index (χ1n) is 7.37. The SMILES string of the molecule is CNC(Cc1ccc(Br)s1)C1(OC)CCC(C)(C)CC1. The Morgan fingerprint density at radius 3 is 2.40 bits per heavy atom. The van der Waals surface area contributed by atoms with Gasteiger partial charge in [-0.15, -0.1) is 11.3 Å². The third kappa shape index (κ3) is 3.65. The average molecular weight is 360 g/mol. The lowest BCUT2D eigenvalue weighted by atomic mass is 9.68. The highest BCUT2D eigenvalue weighted by atomic mass is 79.9. The fraction of sp³-hybridized carbons (Fsp3) is 0.750. The highest BCUT2D eigenvalue weighted by Crippen LogP contribution is 2.44. The van der Waals surface area contributed by atoms with Gasteiger partial charge in [-0.25, -0.2) is 0 Å². The van der Waals surface area contributed by atoms with E-state index >= 15 is 0 Å². The van der Waals surface area contributed by atoms with Crippen LogP contribution < -0.4 is 5.32 Å². The largest absolute Gasteiger partial charge is 0.377 e. The second-order valence-electron chi connectivity index (χ2n) is 6.68. The molecular weight excluding hydrogens is 334 g/mol. The molecule has 1 heterocycles. The van der Waals surface area contributed by atoms with Gasteiger partial charge >= 0.3 is 0 Å². The van der Waals surface area contributed by atoms with Crippen LogP contribution in [0, 0.1) is 5.41 Å². The average Bonchev–Trinajstić information content (AvgIpc) is 2.83. The van der Waals surface area contributed by atoms with Crippen molar-refractivity contribution in [2.24, 2.45) is 5.41 Å². The van der Waals surface area contributed by atoms with E-state index in [4.69, 9.17) is 4.74 Å². The molecule has 0 aromatic carbocycles. The molecule has 2 rings (SSSR count). The van der Waals surface area contributed by atoms with E-state index in [1.54, 1.807) is 0 Å². The molecule has 0 radical (unpaired) electrons. The number of hydrogen-bond donors (Lipinski definition) is 1. The molecule has 2 nitrogen and oxygen atoms in total. The highest BCUT2D eigenvalue weighted by molar-refractivity contribution is 9.11. The van der Waals surface area contributed by atoms with Crippen molar-refractivity contribution in [2.75, 3.05) is 14.2 Å². The van der Waals surface area contributed by atoms with Crippen LogP contribution in [0.4, 0.5) is 0 Å². The van der Waals surface area contributed by atoms with E-state index in [0.29, 0.717) is 11.5 Å². The highest BCUT2D eigenvalue weighted by Gasteiger charge is 2.43. The molecule has 4 heteroatoms. The second-order valence-corrected chi connectivity index (χ2v) is 9.23. The van der Waals surface area contributed by atoms with Crippen LogP contribution in [0.2, 0.25) is 0 Å². The van der Waals surface area contributed by atoms with Crippen LogP contribution in [0.3, 0.4) is 0 Å². The third-order valence-corrected chi connectivity index (χ3v) is 6.52. The number of halogens is 1. The molecule has 1 saturated carbocycles. The van der Waals surface area contributed by atoms with Crippen molar-refractivity contribution in [3.05, 3.63) is 20.8 Å². The molecular formula is C16H26BrNOS. The van der Waals surface area contributed by atoms with Gasteiger partial charge in [-0.1, -0.05) is 13.8 Å². The zero-order chi connectivity index (χ0) is 14.8. The van der Waals surface area contributed by atoms with Gasteiger partial charge in [0.15, 0.2) is 0 Å². The van der Waals surface area contributed by atoms with Crippen molar-refractivity contribution in [2.45, 2.75) is 57.6 Å². The van der Waals surface area contributed by atoms with E-state index in [1.807, 2.05) is 18.4 Å². The summed E-state index contributed by atoms with van der Waals surface area (Å²) in [6.07, 6.45) is 5.82. The molecule has 1 aromatic heterocycles. The molecule has 1 aliphatic carbocycles. The van der Waals surface area contributed by atoms with Crippen molar-refractivity contribution in [3.8, 4) is 0 Å². The topological polar surface area (TPSA) is 21.3 Å². The Bertz CT molecular complexity index is 433. The van der Waals surface area contributed by atoms with Crippen molar-refractivity contribution in [1.29, 1.82) is 0 Å². The van der Waals surface area contributed by atoms with E-state index in [-0.39, 0.29) is 5.60 Å². The van der Waals surface area contributed by atoms with Gasteiger partial charge in [-0.2, -0.15) is 0 Å². The van der Waals surface area contributed by atoms with Gasteiger partial charge in [0.2, 0.25) is 0 Å². The normalized spacial score (nSPS) is 22.6. The summed E-state index contributed by atoms with van der Waals surface area (Å²) >= 11 is 5.38. The Morgan fingerprint density at radius 2 is 1.95 bits per heavy atom. The quantitative estimate of drug-likeness (QED) is 0.827. The molecule has 0 bridgehead atoms. The summed E-state index contributed by atoms with van der Waals surface area (Å²) in [5.41, 5.74) is 0.451. The van der Waals surface area contributed by atoms with E-state index in [9.17, 15) is 0 Å². The lowest BCUT2D eigenvalue weighted by Gasteiger charge is -2.47. The molecule has 0 amide bonds. The number of nitrogens with one attached hydrogen (secondary N) is 1. The maximum absolute atomic E-state index is 6.03. The number of hydrogen-bond acceptors (Lipinski definition) is 3. The van der Waals surface area contributed by atoms with Crippen molar-refractivity contribution < 1.29 is 4.74 Å². The predicted octanol–water partition coefficient (Wildman–Crippen LogP) is 4.63. The Balaban J connectivity index is 2.11. The summed E-state index contributed by atoms with van der Waals surface area (Å²) < 4.78 is 7.24.